The van der Waals surface area contributed by atoms with E-state index in [0.717, 1.165) is 23.8 Å². The van der Waals surface area contributed by atoms with Crippen molar-refractivity contribution in [2.24, 2.45) is 4.99 Å². The van der Waals surface area contributed by atoms with Crippen molar-refractivity contribution >= 4 is 35.8 Å². The maximum atomic E-state index is 12.7. The predicted molar refractivity (Wildman–Crippen MR) is 125 cm³/mol. The first-order valence-electron chi connectivity index (χ1n) is 9.53. The largest absolute Gasteiger partial charge is 0.352 e. The highest BCUT2D eigenvalue weighted by Crippen LogP contribution is 2.24. The first-order valence-corrected chi connectivity index (χ1v) is 9.53. The highest BCUT2D eigenvalue weighted by Gasteiger charge is 2.40. The Morgan fingerprint density at radius 3 is 2.69 bits per heavy atom. The smallest absolute Gasteiger partial charge is 0.242 e. The Labute approximate surface area is 189 Å². The molecule has 3 rings (SSSR count). The maximum Gasteiger partial charge on any atom is 0.242 e. The fourth-order valence-corrected chi connectivity index (χ4v) is 3.98. The molecule has 1 aliphatic rings. The standard InChI is InChI=1S/C20H29N7O.HI/c1-15(2)27-18(28)11-25(12-20(27,3)4)19(21-5)23-10-16-7-6-8-17(9-16)26-14-22-13-24-26;/h6-9,13-15H,10-12H2,1-5H3,(H,21,23);1H. The number of rotatable bonds is 4. The maximum absolute atomic E-state index is 12.7. The van der Waals surface area contributed by atoms with E-state index in [1.807, 2.05) is 28.0 Å². The second-order valence-electron chi connectivity index (χ2n) is 7.94. The molecule has 0 radical (unpaired) electrons. The third kappa shape index (κ3) is 5.26. The van der Waals surface area contributed by atoms with Crippen LogP contribution in [-0.4, -0.2) is 68.1 Å². The minimum Gasteiger partial charge on any atom is -0.352 e. The van der Waals surface area contributed by atoms with Gasteiger partial charge in [0.05, 0.1) is 17.8 Å². The van der Waals surface area contributed by atoms with E-state index in [2.05, 4.69) is 54.2 Å². The zero-order chi connectivity index (χ0) is 20.3. The lowest BCUT2D eigenvalue weighted by atomic mass is 9.96. The van der Waals surface area contributed by atoms with Gasteiger partial charge in [0.1, 0.15) is 12.7 Å². The number of aromatic nitrogens is 3. The molecule has 1 saturated heterocycles. The summed E-state index contributed by atoms with van der Waals surface area (Å²) in [6.45, 7) is 10.00. The minimum atomic E-state index is -0.256. The first kappa shape index (κ1) is 23.1. The highest BCUT2D eigenvalue weighted by molar-refractivity contribution is 14.0. The Morgan fingerprint density at radius 2 is 2.10 bits per heavy atom. The number of hydrogen-bond acceptors (Lipinski definition) is 4. The van der Waals surface area contributed by atoms with Crippen molar-refractivity contribution in [3.05, 3.63) is 42.5 Å². The molecule has 2 heterocycles. The molecule has 2 aromatic rings. The first-order chi connectivity index (χ1) is 13.3. The van der Waals surface area contributed by atoms with Crippen molar-refractivity contribution in [3.8, 4) is 5.69 Å². The number of guanidine groups is 1. The molecule has 0 spiro atoms. The zero-order valence-electron chi connectivity index (χ0n) is 17.7. The summed E-state index contributed by atoms with van der Waals surface area (Å²) in [6.07, 6.45) is 3.19. The van der Waals surface area contributed by atoms with Crippen molar-refractivity contribution < 1.29 is 4.79 Å². The number of benzene rings is 1. The molecule has 1 amide bonds. The molecule has 0 saturated carbocycles. The summed E-state index contributed by atoms with van der Waals surface area (Å²) >= 11 is 0. The molecule has 0 aliphatic carbocycles. The van der Waals surface area contributed by atoms with Crippen LogP contribution in [0.4, 0.5) is 0 Å². The van der Waals surface area contributed by atoms with Gasteiger partial charge in [-0.15, -0.1) is 24.0 Å². The van der Waals surface area contributed by atoms with Gasteiger partial charge in [0.15, 0.2) is 5.96 Å². The lowest BCUT2D eigenvalue weighted by molar-refractivity contribution is -0.145. The number of carbonyl (C=O) groups excluding carboxylic acids is 1. The summed E-state index contributed by atoms with van der Waals surface area (Å²) in [4.78, 5) is 25.1. The fraction of sp³-hybridized carbons (Fsp3) is 0.500. The molecule has 0 unspecified atom stereocenters. The third-order valence-electron chi connectivity index (χ3n) is 4.90. The van der Waals surface area contributed by atoms with Gasteiger partial charge in [0.25, 0.3) is 0 Å². The molecule has 29 heavy (non-hydrogen) atoms. The van der Waals surface area contributed by atoms with E-state index < -0.39 is 0 Å². The van der Waals surface area contributed by atoms with E-state index >= 15 is 0 Å². The molecular weight excluding hydrogens is 481 g/mol. The summed E-state index contributed by atoms with van der Waals surface area (Å²) in [6, 6.07) is 8.26. The number of halogens is 1. The summed E-state index contributed by atoms with van der Waals surface area (Å²) in [5.74, 6) is 0.860. The summed E-state index contributed by atoms with van der Waals surface area (Å²) in [7, 11) is 1.75. The van der Waals surface area contributed by atoms with Crippen LogP contribution in [0.15, 0.2) is 41.9 Å². The van der Waals surface area contributed by atoms with Crippen molar-refractivity contribution in [1.82, 2.24) is 29.9 Å². The van der Waals surface area contributed by atoms with E-state index in [1.165, 1.54) is 6.33 Å². The van der Waals surface area contributed by atoms with Crippen molar-refractivity contribution in [1.29, 1.82) is 0 Å². The van der Waals surface area contributed by atoms with Crippen LogP contribution in [0.2, 0.25) is 0 Å². The van der Waals surface area contributed by atoms with Crippen molar-refractivity contribution in [3.63, 3.8) is 0 Å². The van der Waals surface area contributed by atoms with Gasteiger partial charge in [0.2, 0.25) is 5.91 Å². The Kier molecular flexibility index (Phi) is 7.61. The fourth-order valence-electron chi connectivity index (χ4n) is 3.98. The van der Waals surface area contributed by atoms with Crippen LogP contribution in [-0.2, 0) is 11.3 Å². The molecule has 0 bridgehead atoms. The molecule has 1 fully saturated rings. The van der Waals surface area contributed by atoms with Gasteiger partial charge in [-0.3, -0.25) is 9.79 Å². The number of piperazine rings is 1. The molecule has 1 aliphatic heterocycles. The topological polar surface area (TPSA) is 78.6 Å². The summed E-state index contributed by atoms with van der Waals surface area (Å²) in [5, 5.41) is 7.56. The normalized spacial score (nSPS) is 16.8. The number of hydrogen-bond donors (Lipinski definition) is 1. The Morgan fingerprint density at radius 1 is 1.34 bits per heavy atom. The highest BCUT2D eigenvalue weighted by atomic mass is 127. The van der Waals surface area contributed by atoms with Gasteiger partial charge < -0.3 is 15.1 Å². The summed E-state index contributed by atoms with van der Waals surface area (Å²) < 4.78 is 1.73. The van der Waals surface area contributed by atoms with Crippen LogP contribution in [0.5, 0.6) is 0 Å². The number of aliphatic imine (C=N–C) groups is 1. The predicted octanol–water partition coefficient (Wildman–Crippen LogP) is 2.29. The van der Waals surface area contributed by atoms with Gasteiger partial charge in [0, 0.05) is 26.2 Å². The number of nitrogens with zero attached hydrogens (tertiary/aromatic N) is 6. The molecular formula is C20H30IN7O. The van der Waals surface area contributed by atoms with E-state index in [1.54, 1.807) is 18.1 Å². The van der Waals surface area contributed by atoms with Gasteiger partial charge in [-0.2, -0.15) is 5.10 Å². The van der Waals surface area contributed by atoms with Crippen molar-refractivity contribution in [2.75, 3.05) is 20.1 Å². The molecule has 8 nitrogen and oxygen atoms in total. The molecule has 1 N–H and O–H groups in total. The monoisotopic (exact) mass is 511 g/mol. The van der Waals surface area contributed by atoms with E-state index in [4.69, 9.17) is 0 Å². The summed E-state index contributed by atoms with van der Waals surface area (Å²) in [5.41, 5.74) is 1.79. The SMILES string of the molecule is CN=C(NCc1cccc(-n2cncn2)c1)N1CC(=O)N(C(C)C)C(C)(C)C1.I. The van der Waals surface area contributed by atoms with Crippen LogP contribution in [0.3, 0.4) is 0 Å². The number of carbonyl (C=O) groups is 1. The van der Waals surface area contributed by atoms with Gasteiger partial charge in [-0.05, 0) is 45.4 Å². The second-order valence-corrected chi connectivity index (χ2v) is 7.94. The quantitative estimate of drug-likeness (QED) is 0.387. The number of nitrogens with one attached hydrogen (secondary N) is 1. The average Bonchev–Trinajstić information content (AvgIpc) is 3.15. The lowest BCUT2D eigenvalue weighted by Gasteiger charge is -2.49. The van der Waals surface area contributed by atoms with Gasteiger partial charge in [-0.25, -0.2) is 9.67 Å². The molecule has 1 aromatic heterocycles. The van der Waals surface area contributed by atoms with Crippen LogP contribution >= 0.6 is 24.0 Å². The van der Waals surface area contributed by atoms with Crippen LogP contribution in [0.25, 0.3) is 5.69 Å². The molecule has 9 heteroatoms. The number of amides is 1. The average molecular weight is 511 g/mol. The molecule has 0 atom stereocenters. The van der Waals surface area contributed by atoms with Gasteiger partial charge >= 0.3 is 0 Å². The second kappa shape index (κ2) is 9.55. The van der Waals surface area contributed by atoms with Crippen LogP contribution in [0.1, 0.15) is 33.3 Å². The zero-order valence-corrected chi connectivity index (χ0v) is 20.0. The molecule has 158 valence electrons. The van der Waals surface area contributed by atoms with Crippen LogP contribution < -0.4 is 5.32 Å². The lowest BCUT2D eigenvalue weighted by Crippen LogP contribution is -2.66. The van der Waals surface area contributed by atoms with E-state index in [-0.39, 0.29) is 41.5 Å². The van der Waals surface area contributed by atoms with Crippen molar-refractivity contribution in [2.45, 2.75) is 45.8 Å². The Balaban J connectivity index is 0.00000300. The Bertz CT molecular complexity index is 848. The third-order valence-corrected chi connectivity index (χ3v) is 4.90. The van der Waals surface area contributed by atoms with Gasteiger partial charge in [-0.1, -0.05) is 12.1 Å². The van der Waals surface area contributed by atoms with Crippen LogP contribution in [0, 0.1) is 0 Å². The molecule has 1 aromatic carbocycles. The van der Waals surface area contributed by atoms with E-state index in [0.29, 0.717) is 13.1 Å². The van der Waals surface area contributed by atoms with E-state index in [9.17, 15) is 4.79 Å². The Hall–Kier alpha value is -2.17. The minimum absolute atomic E-state index is 0.